The zero-order chi connectivity index (χ0) is 11.2. The van der Waals surface area contributed by atoms with E-state index in [9.17, 15) is 4.79 Å². The molecule has 0 N–H and O–H groups in total. The van der Waals surface area contributed by atoms with Crippen LogP contribution in [0.25, 0.3) is 0 Å². The first-order valence-electron chi connectivity index (χ1n) is 5.26. The van der Waals surface area contributed by atoms with Gasteiger partial charge in [0.05, 0.1) is 6.42 Å². The molecule has 0 fully saturated rings. The molecular weight excluding hydrogens is 172 g/mol. The Bertz CT molecular complexity index is 234. The number of carbonyl (C=O) groups excluding carboxylic acids is 1. The molecule has 14 heavy (non-hydrogen) atoms. The van der Waals surface area contributed by atoms with Gasteiger partial charge < -0.3 is 0 Å². The second kappa shape index (κ2) is 5.86. The average molecular weight is 194 g/mol. The van der Waals surface area contributed by atoms with Gasteiger partial charge in [0.15, 0.2) is 0 Å². The van der Waals surface area contributed by atoms with Gasteiger partial charge >= 0.3 is 0 Å². The van der Waals surface area contributed by atoms with Crippen LogP contribution in [0.5, 0.6) is 0 Å². The number of ketones is 1. The van der Waals surface area contributed by atoms with Crippen LogP contribution in [0.1, 0.15) is 53.9 Å². The second-order valence-electron chi connectivity index (χ2n) is 5.22. The monoisotopic (exact) mass is 194 g/mol. The first kappa shape index (κ1) is 13.2. The Morgan fingerprint density at radius 2 is 1.93 bits per heavy atom. The lowest BCUT2D eigenvalue weighted by Gasteiger charge is -2.22. The minimum absolute atomic E-state index is 0.274. The maximum absolute atomic E-state index is 11.4. The molecule has 1 atom stereocenters. The van der Waals surface area contributed by atoms with Crippen molar-refractivity contribution in [3.05, 3.63) is 0 Å². The van der Waals surface area contributed by atoms with Crippen molar-refractivity contribution in [1.29, 1.82) is 0 Å². The van der Waals surface area contributed by atoms with Crippen molar-refractivity contribution >= 4 is 5.78 Å². The molecule has 0 aliphatic heterocycles. The first-order valence-corrected chi connectivity index (χ1v) is 5.26. The van der Waals surface area contributed by atoms with E-state index in [0.29, 0.717) is 24.2 Å². The van der Waals surface area contributed by atoms with Crippen molar-refractivity contribution in [3.8, 4) is 11.8 Å². The van der Waals surface area contributed by atoms with Crippen LogP contribution in [-0.4, -0.2) is 5.78 Å². The highest BCUT2D eigenvalue weighted by atomic mass is 16.1. The van der Waals surface area contributed by atoms with Crippen molar-refractivity contribution in [2.24, 2.45) is 11.3 Å². The Morgan fingerprint density at radius 3 is 2.36 bits per heavy atom. The maximum Gasteiger partial charge on any atom is 0.145 e. The average Bonchev–Trinajstić information content (AvgIpc) is 1.96. The quantitative estimate of drug-likeness (QED) is 0.627. The molecule has 0 aliphatic rings. The van der Waals surface area contributed by atoms with Gasteiger partial charge in [0.25, 0.3) is 0 Å². The van der Waals surface area contributed by atoms with Crippen LogP contribution in [0.3, 0.4) is 0 Å². The predicted octanol–water partition coefficient (Wildman–Crippen LogP) is 3.43. The number of Topliss-reactive ketones (excluding diaryl/α,β-unsaturated/α-hetero) is 1. The smallest absolute Gasteiger partial charge is 0.145 e. The summed E-state index contributed by atoms with van der Waals surface area (Å²) in [6, 6.07) is 0. The standard InChI is InChI=1S/C13H22O/c1-6-7-8-12(14)9-11(2)10-13(3,4)5/h11H,8-10H2,1-5H3. The van der Waals surface area contributed by atoms with Crippen LogP contribution >= 0.6 is 0 Å². The maximum atomic E-state index is 11.4. The highest BCUT2D eigenvalue weighted by Crippen LogP contribution is 2.26. The molecule has 1 nitrogen and oxygen atoms in total. The molecule has 0 saturated carbocycles. The molecule has 0 aromatic rings. The van der Waals surface area contributed by atoms with Crippen LogP contribution in [0.2, 0.25) is 0 Å². The molecule has 0 aromatic carbocycles. The Hall–Kier alpha value is -0.770. The molecular formula is C13H22O. The third kappa shape index (κ3) is 7.86. The summed E-state index contributed by atoms with van der Waals surface area (Å²) >= 11 is 0. The molecule has 1 unspecified atom stereocenters. The molecule has 0 spiro atoms. The first-order chi connectivity index (χ1) is 6.35. The second-order valence-corrected chi connectivity index (χ2v) is 5.22. The fourth-order valence-corrected chi connectivity index (χ4v) is 1.77. The van der Waals surface area contributed by atoms with Gasteiger partial charge in [0.1, 0.15) is 5.78 Å². The van der Waals surface area contributed by atoms with Gasteiger partial charge in [-0.1, -0.05) is 33.6 Å². The summed E-state index contributed by atoms with van der Waals surface area (Å²) < 4.78 is 0. The van der Waals surface area contributed by atoms with E-state index in [1.807, 2.05) is 0 Å². The van der Waals surface area contributed by atoms with Crippen molar-refractivity contribution < 1.29 is 4.79 Å². The molecule has 0 aliphatic carbocycles. The van der Waals surface area contributed by atoms with Crippen molar-refractivity contribution in [3.63, 3.8) is 0 Å². The third-order valence-electron chi connectivity index (χ3n) is 2.00. The minimum atomic E-state index is 0.274. The molecule has 80 valence electrons. The summed E-state index contributed by atoms with van der Waals surface area (Å²) in [6.07, 6.45) is 2.19. The highest BCUT2D eigenvalue weighted by Gasteiger charge is 2.17. The number of rotatable bonds is 4. The summed E-state index contributed by atoms with van der Waals surface area (Å²) in [6.45, 7) is 10.5. The summed E-state index contributed by atoms with van der Waals surface area (Å²) in [4.78, 5) is 11.4. The van der Waals surface area contributed by atoms with E-state index in [4.69, 9.17) is 0 Å². The van der Waals surface area contributed by atoms with Gasteiger partial charge in [0.2, 0.25) is 0 Å². The molecule has 0 saturated heterocycles. The Morgan fingerprint density at radius 1 is 1.36 bits per heavy atom. The van der Waals surface area contributed by atoms with Gasteiger partial charge in [-0.05, 0) is 24.7 Å². The zero-order valence-electron chi connectivity index (χ0n) is 10.1. The highest BCUT2D eigenvalue weighted by molar-refractivity contribution is 5.80. The van der Waals surface area contributed by atoms with Crippen LogP contribution in [0.15, 0.2) is 0 Å². The molecule has 0 heterocycles. The van der Waals surface area contributed by atoms with E-state index >= 15 is 0 Å². The number of carbonyl (C=O) groups is 1. The molecule has 0 rings (SSSR count). The molecule has 0 bridgehead atoms. The van der Waals surface area contributed by atoms with E-state index < -0.39 is 0 Å². The molecule has 0 amide bonds. The molecule has 0 radical (unpaired) electrons. The zero-order valence-corrected chi connectivity index (χ0v) is 10.1. The van der Waals surface area contributed by atoms with Gasteiger partial charge in [-0.15, -0.1) is 5.92 Å². The van der Waals surface area contributed by atoms with E-state index in [0.717, 1.165) is 6.42 Å². The van der Waals surface area contributed by atoms with Crippen LogP contribution in [-0.2, 0) is 4.79 Å². The fraction of sp³-hybridized carbons (Fsp3) is 0.769. The van der Waals surface area contributed by atoms with E-state index in [1.54, 1.807) is 6.92 Å². The van der Waals surface area contributed by atoms with Gasteiger partial charge in [-0.2, -0.15) is 0 Å². The van der Waals surface area contributed by atoms with Gasteiger partial charge in [0, 0.05) is 6.42 Å². The van der Waals surface area contributed by atoms with Crippen molar-refractivity contribution in [2.45, 2.75) is 53.9 Å². The third-order valence-corrected chi connectivity index (χ3v) is 2.00. The predicted molar refractivity (Wildman–Crippen MR) is 60.9 cm³/mol. The lowest BCUT2D eigenvalue weighted by atomic mass is 9.83. The summed E-state index contributed by atoms with van der Waals surface area (Å²) in [7, 11) is 0. The number of hydrogen-bond donors (Lipinski definition) is 0. The SMILES string of the molecule is CC#CCC(=O)CC(C)CC(C)(C)C. The van der Waals surface area contributed by atoms with Crippen molar-refractivity contribution in [2.75, 3.05) is 0 Å². The van der Waals surface area contributed by atoms with E-state index in [2.05, 4.69) is 39.5 Å². The summed E-state index contributed by atoms with van der Waals surface area (Å²) in [5.74, 6) is 6.31. The largest absolute Gasteiger partial charge is 0.299 e. The summed E-state index contributed by atoms with van der Waals surface area (Å²) in [5, 5.41) is 0. The van der Waals surface area contributed by atoms with E-state index in [-0.39, 0.29) is 5.78 Å². The minimum Gasteiger partial charge on any atom is -0.299 e. The van der Waals surface area contributed by atoms with Crippen LogP contribution < -0.4 is 0 Å². The lowest BCUT2D eigenvalue weighted by molar-refractivity contribution is -0.119. The van der Waals surface area contributed by atoms with Gasteiger partial charge in [-0.3, -0.25) is 4.79 Å². The lowest BCUT2D eigenvalue weighted by Crippen LogP contribution is -2.14. The fourth-order valence-electron chi connectivity index (χ4n) is 1.77. The van der Waals surface area contributed by atoms with Crippen LogP contribution in [0, 0.1) is 23.2 Å². The normalized spacial score (nSPS) is 12.9. The number of hydrogen-bond acceptors (Lipinski definition) is 1. The Labute approximate surface area is 88.3 Å². The van der Waals surface area contributed by atoms with Crippen molar-refractivity contribution in [1.82, 2.24) is 0 Å². The Kier molecular flexibility index (Phi) is 5.53. The van der Waals surface area contributed by atoms with E-state index in [1.165, 1.54) is 0 Å². The van der Waals surface area contributed by atoms with Gasteiger partial charge in [-0.25, -0.2) is 0 Å². The molecule has 0 aromatic heterocycles. The summed E-state index contributed by atoms with van der Waals surface area (Å²) in [5.41, 5.74) is 0.316. The topological polar surface area (TPSA) is 17.1 Å². The van der Waals surface area contributed by atoms with Crippen LogP contribution in [0.4, 0.5) is 0 Å². The Balaban J connectivity index is 3.86. The molecule has 1 heteroatoms.